The third-order valence-electron chi connectivity index (χ3n) is 6.97. The number of carbonyl (C=O) groups excluding carboxylic acids is 1. The van der Waals surface area contributed by atoms with Crippen molar-refractivity contribution in [1.29, 1.82) is 0 Å². The number of fused-ring (bicyclic) bond motifs is 1. The monoisotopic (exact) mass is 371 g/mol. The first kappa shape index (κ1) is 18.8. The molecule has 0 spiro atoms. The molecule has 3 fully saturated rings. The largest absolute Gasteiger partial charge is 0.373 e. The van der Waals surface area contributed by atoms with Crippen LogP contribution < -0.4 is 5.32 Å². The van der Waals surface area contributed by atoms with Crippen molar-refractivity contribution >= 4 is 6.03 Å². The van der Waals surface area contributed by atoms with E-state index >= 15 is 0 Å². The lowest BCUT2D eigenvalue weighted by atomic mass is 9.75. The number of benzene rings is 1. The molecule has 5 nitrogen and oxygen atoms in total. The van der Waals surface area contributed by atoms with Crippen LogP contribution in [0.1, 0.15) is 44.8 Å². The molecule has 1 aromatic rings. The van der Waals surface area contributed by atoms with Gasteiger partial charge in [-0.2, -0.15) is 0 Å². The van der Waals surface area contributed by atoms with Crippen LogP contribution >= 0.6 is 0 Å². The highest BCUT2D eigenvalue weighted by atomic mass is 16.5. The maximum Gasteiger partial charge on any atom is 0.317 e. The van der Waals surface area contributed by atoms with Gasteiger partial charge in [-0.25, -0.2) is 4.79 Å². The van der Waals surface area contributed by atoms with E-state index in [-0.39, 0.29) is 12.1 Å². The number of carbonyl (C=O) groups is 1. The third kappa shape index (κ3) is 3.85. The number of ether oxygens (including phenoxy) is 1. The van der Waals surface area contributed by atoms with E-state index in [9.17, 15) is 4.79 Å². The summed E-state index contributed by atoms with van der Waals surface area (Å²) < 4.78 is 6.31. The van der Waals surface area contributed by atoms with Gasteiger partial charge in [0.15, 0.2) is 0 Å². The molecule has 2 heterocycles. The summed E-state index contributed by atoms with van der Waals surface area (Å²) >= 11 is 0. The lowest BCUT2D eigenvalue weighted by Gasteiger charge is -2.40. The van der Waals surface area contributed by atoms with Gasteiger partial charge in [-0.15, -0.1) is 0 Å². The molecular formula is C22H33N3O2. The molecule has 148 valence electrons. The molecule has 1 aromatic carbocycles. The van der Waals surface area contributed by atoms with Crippen molar-refractivity contribution in [2.45, 2.75) is 45.3 Å². The number of amides is 2. The number of nitrogens with one attached hydrogen (secondary N) is 1. The number of nitrogens with zero attached hydrogens (tertiary/aromatic N) is 2. The minimum atomic E-state index is 0.0864. The predicted octanol–water partition coefficient (Wildman–Crippen LogP) is 3.28. The highest BCUT2D eigenvalue weighted by Gasteiger charge is 2.49. The Balaban J connectivity index is 1.35. The second-order valence-corrected chi connectivity index (χ2v) is 8.75. The molecule has 0 bridgehead atoms. The summed E-state index contributed by atoms with van der Waals surface area (Å²) in [6, 6.07) is 11.4. The molecule has 2 amide bonds. The average Bonchev–Trinajstić information content (AvgIpc) is 3.05. The molecular weight excluding hydrogens is 338 g/mol. The standard InChI is InChI=1S/C22H33N3O2/c1-3-23-21(26)25-11-9-24(10-12-25)19-13-18-14-20(17-7-5-4-6-8-17)27-16-22(18,2)15-19/h4-8,18-20H,3,9-16H2,1-2H3,(H,23,26)/t18-,19+,20-,22+/m0/s1. The van der Waals surface area contributed by atoms with Crippen LogP contribution in [0.25, 0.3) is 0 Å². The van der Waals surface area contributed by atoms with Gasteiger partial charge in [-0.1, -0.05) is 37.3 Å². The molecule has 1 saturated carbocycles. The molecule has 2 saturated heterocycles. The summed E-state index contributed by atoms with van der Waals surface area (Å²) in [5.74, 6) is 0.725. The Bertz CT molecular complexity index is 644. The Morgan fingerprint density at radius 2 is 1.93 bits per heavy atom. The van der Waals surface area contributed by atoms with E-state index in [0.717, 1.165) is 45.1 Å². The van der Waals surface area contributed by atoms with Crippen LogP contribution in [0.3, 0.4) is 0 Å². The predicted molar refractivity (Wildman–Crippen MR) is 107 cm³/mol. The molecule has 4 rings (SSSR count). The summed E-state index contributed by atoms with van der Waals surface area (Å²) in [7, 11) is 0. The smallest absolute Gasteiger partial charge is 0.317 e. The first-order chi connectivity index (χ1) is 13.1. The van der Waals surface area contributed by atoms with Gasteiger partial charge < -0.3 is 15.0 Å². The van der Waals surface area contributed by atoms with Gasteiger partial charge in [0.25, 0.3) is 0 Å². The Morgan fingerprint density at radius 1 is 1.19 bits per heavy atom. The van der Waals surface area contributed by atoms with Crippen LogP contribution in [0.15, 0.2) is 30.3 Å². The van der Waals surface area contributed by atoms with Gasteiger partial charge in [0, 0.05) is 38.8 Å². The highest BCUT2D eigenvalue weighted by molar-refractivity contribution is 5.74. The van der Waals surface area contributed by atoms with Crippen molar-refractivity contribution in [2.75, 3.05) is 39.3 Å². The SMILES string of the molecule is CCNC(=O)N1CCN([C@@H]2C[C@H]3C[C@@H](c4ccccc4)OC[C@@]3(C)C2)CC1. The maximum absolute atomic E-state index is 12.0. The minimum absolute atomic E-state index is 0.0864. The van der Waals surface area contributed by atoms with Crippen molar-refractivity contribution in [3.8, 4) is 0 Å². The fraction of sp³-hybridized carbons (Fsp3) is 0.682. The molecule has 0 radical (unpaired) electrons. The van der Waals surface area contributed by atoms with Crippen molar-refractivity contribution in [2.24, 2.45) is 11.3 Å². The van der Waals surface area contributed by atoms with Crippen molar-refractivity contribution in [3.63, 3.8) is 0 Å². The van der Waals surface area contributed by atoms with E-state index in [1.165, 1.54) is 18.4 Å². The van der Waals surface area contributed by atoms with Gasteiger partial charge in [0.1, 0.15) is 0 Å². The Kier molecular flexibility index (Phi) is 5.42. The summed E-state index contributed by atoms with van der Waals surface area (Å²) in [5, 5.41) is 2.92. The Morgan fingerprint density at radius 3 is 2.63 bits per heavy atom. The van der Waals surface area contributed by atoms with E-state index in [0.29, 0.717) is 18.0 Å². The zero-order valence-corrected chi connectivity index (χ0v) is 16.7. The lowest BCUT2D eigenvalue weighted by Crippen LogP contribution is -2.53. The van der Waals surface area contributed by atoms with E-state index in [2.05, 4.69) is 47.5 Å². The van der Waals surface area contributed by atoms with Gasteiger partial charge >= 0.3 is 6.03 Å². The first-order valence-electron chi connectivity index (χ1n) is 10.5. The fourth-order valence-electron chi connectivity index (χ4n) is 5.31. The fourth-order valence-corrected chi connectivity index (χ4v) is 5.31. The van der Waals surface area contributed by atoms with E-state index in [1.807, 2.05) is 11.8 Å². The zero-order valence-electron chi connectivity index (χ0n) is 16.7. The van der Waals surface area contributed by atoms with Crippen LogP contribution in [-0.4, -0.2) is 61.2 Å². The van der Waals surface area contributed by atoms with Crippen LogP contribution in [0.4, 0.5) is 4.79 Å². The van der Waals surface area contributed by atoms with Crippen molar-refractivity contribution < 1.29 is 9.53 Å². The third-order valence-corrected chi connectivity index (χ3v) is 6.97. The second-order valence-electron chi connectivity index (χ2n) is 8.75. The van der Waals surface area contributed by atoms with Gasteiger partial charge in [-0.05, 0) is 43.1 Å². The van der Waals surface area contributed by atoms with Crippen LogP contribution in [0.2, 0.25) is 0 Å². The number of rotatable bonds is 3. The van der Waals surface area contributed by atoms with Crippen LogP contribution in [0, 0.1) is 11.3 Å². The summed E-state index contributed by atoms with van der Waals surface area (Å²) in [6.07, 6.45) is 3.87. The van der Waals surface area contributed by atoms with Gasteiger partial charge in [0.05, 0.1) is 12.7 Å². The second kappa shape index (κ2) is 7.80. The molecule has 2 aliphatic heterocycles. The normalized spacial score (nSPS) is 34.3. The lowest BCUT2D eigenvalue weighted by molar-refractivity contribution is -0.0819. The zero-order chi connectivity index (χ0) is 18.9. The van der Waals surface area contributed by atoms with Crippen LogP contribution in [0.5, 0.6) is 0 Å². The summed E-state index contributed by atoms with van der Waals surface area (Å²) in [5.41, 5.74) is 1.62. The van der Waals surface area contributed by atoms with Gasteiger partial charge in [0.2, 0.25) is 0 Å². The quantitative estimate of drug-likeness (QED) is 0.887. The molecule has 1 N–H and O–H groups in total. The summed E-state index contributed by atoms with van der Waals surface area (Å²) in [6.45, 7) is 9.63. The number of piperazine rings is 1. The topological polar surface area (TPSA) is 44.8 Å². The van der Waals surface area contributed by atoms with E-state index in [4.69, 9.17) is 4.74 Å². The Hall–Kier alpha value is -1.59. The molecule has 0 unspecified atom stereocenters. The number of hydrogen-bond donors (Lipinski definition) is 1. The van der Waals surface area contributed by atoms with Gasteiger partial charge in [-0.3, -0.25) is 4.90 Å². The van der Waals surface area contributed by atoms with E-state index in [1.54, 1.807) is 0 Å². The average molecular weight is 372 g/mol. The molecule has 0 aromatic heterocycles. The van der Waals surface area contributed by atoms with E-state index < -0.39 is 0 Å². The highest BCUT2D eigenvalue weighted by Crippen LogP contribution is 2.52. The summed E-state index contributed by atoms with van der Waals surface area (Å²) in [4.78, 5) is 16.6. The molecule has 5 heteroatoms. The number of hydrogen-bond acceptors (Lipinski definition) is 3. The molecule has 4 atom stereocenters. The first-order valence-corrected chi connectivity index (χ1v) is 10.5. The Labute approximate surface area is 163 Å². The van der Waals surface area contributed by atoms with Crippen molar-refractivity contribution in [3.05, 3.63) is 35.9 Å². The minimum Gasteiger partial charge on any atom is -0.373 e. The maximum atomic E-state index is 12.0. The van der Waals surface area contributed by atoms with Crippen molar-refractivity contribution in [1.82, 2.24) is 15.1 Å². The van der Waals surface area contributed by atoms with Crippen LogP contribution in [-0.2, 0) is 4.74 Å². The molecule has 27 heavy (non-hydrogen) atoms. The molecule has 1 aliphatic carbocycles. The number of urea groups is 1. The molecule has 3 aliphatic rings.